The molecule has 0 heterocycles. The molecule has 1 aromatic rings. The highest BCUT2D eigenvalue weighted by Gasteiger charge is 2.51. The summed E-state index contributed by atoms with van der Waals surface area (Å²) in [7, 11) is 0. The summed E-state index contributed by atoms with van der Waals surface area (Å²) < 4.78 is 44.6. The van der Waals surface area contributed by atoms with Gasteiger partial charge in [0, 0.05) is 19.0 Å². The molecule has 188 valence electrons. The molecule has 3 nitrogen and oxygen atoms in total. The van der Waals surface area contributed by atoms with Crippen LogP contribution >= 0.6 is 0 Å². The Bertz CT molecular complexity index is 830. The minimum atomic E-state index is -4.33. The first kappa shape index (κ1) is 24.1. The molecule has 5 aliphatic rings. The number of alkyl halides is 3. The maximum Gasteiger partial charge on any atom is 0.416 e. The van der Waals surface area contributed by atoms with E-state index < -0.39 is 11.7 Å². The number of benzene rings is 1. The molecule has 6 heteroatoms. The van der Waals surface area contributed by atoms with Gasteiger partial charge in [0.1, 0.15) is 0 Å². The van der Waals surface area contributed by atoms with Crippen LogP contribution in [0.3, 0.4) is 0 Å². The standard InChI is InChI=1S/C28H38F3NO2/c1-2-34-26(33)13-18-3-8-25(24(12-18)22-4-6-23(7-5-22)28(29,30)31)32-17-27-14-19-9-20(15-27)11-21(10-19)16-27/h4-7,18-21,24-25,32H,2-3,8-17H2,1H3/t18-,19?,20?,21?,24+,25-,27?/m1/s1. The number of halogens is 3. The van der Waals surface area contributed by atoms with E-state index >= 15 is 0 Å². The summed E-state index contributed by atoms with van der Waals surface area (Å²) >= 11 is 0. The minimum absolute atomic E-state index is 0.115. The maximum atomic E-state index is 13.1. The zero-order valence-corrected chi connectivity index (χ0v) is 20.2. The van der Waals surface area contributed by atoms with Crippen LogP contribution in [0.25, 0.3) is 0 Å². The fourth-order valence-corrected chi connectivity index (χ4v) is 8.28. The summed E-state index contributed by atoms with van der Waals surface area (Å²) in [4.78, 5) is 12.1. The Morgan fingerprint density at radius 1 is 1.00 bits per heavy atom. The lowest BCUT2D eigenvalue weighted by molar-refractivity contribution is -0.144. The van der Waals surface area contributed by atoms with Crippen LogP contribution in [-0.4, -0.2) is 25.2 Å². The van der Waals surface area contributed by atoms with Gasteiger partial charge in [-0.2, -0.15) is 13.2 Å². The topological polar surface area (TPSA) is 38.3 Å². The second-order valence-corrected chi connectivity index (χ2v) is 11.8. The number of esters is 1. The third-order valence-electron chi connectivity index (χ3n) is 9.29. The molecule has 1 N–H and O–H groups in total. The fourth-order valence-electron chi connectivity index (χ4n) is 8.28. The van der Waals surface area contributed by atoms with Crippen molar-refractivity contribution in [1.29, 1.82) is 0 Å². The first-order valence-corrected chi connectivity index (χ1v) is 13.3. The van der Waals surface area contributed by atoms with Gasteiger partial charge < -0.3 is 10.1 Å². The highest BCUT2D eigenvalue weighted by molar-refractivity contribution is 5.69. The molecule has 5 aliphatic carbocycles. The second-order valence-electron chi connectivity index (χ2n) is 11.8. The predicted octanol–water partition coefficient (Wildman–Crippen LogP) is 6.72. The molecule has 4 bridgehead atoms. The highest BCUT2D eigenvalue weighted by atomic mass is 19.4. The Hall–Kier alpha value is -1.56. The molecule has 0 radical (unpaired) electrons. The first-order valence-electron chi connectivity index (χ1n) is 13.3. The van der Waals surface area contributed by atoms with Gasteiger partial charge in [-0.05, 0) is 117 Å². The van der Waals surface area contributed by atoms with Gasteiger partial charge in [-0.3, -0.25) is 4.79 Å². The van der Waals surface area contributed by atoms with Crippen molar-refractivity contribution in [2.24, 2.45) is 29.1 Å². The molecule has 34 heavy (non-hydrogen) atoms. The average Bonchev–Trinajstić information content (AvgIpc) is 2.77. The van der Waals surface area contributed by atoms with E-state index in [2.05, 4.69) is 5.32 Å². The summed E-state index contributed by atoms with van der Waals surface area (Å²) in [5.74, 6) is 2.86. The van der Waals surface area contributed by atoms with E-state index in [-0.39, 0.29) is 23.8 Å². The quantitative estimate of drug-likeness (QED) is 0.443. The van der Waals surface area contributed by atoms with Gasteiger partial charge in [-0.15, -0.1) is 0 Å². The van der Waals surface area contributed by atoms with Crippen molar-refractivity contribution in [1.82, 2.24) is 5.32 Å². The molecule has 0 aliphatic heterocycles. The molecule has 0 unspecified atom stereocenters. The Morgan fingerprint density at radius 2 is 1.62 bits per heavy atom. The Morgan fingerprint density at radius 3 is 2.18 bits per heavy atom. The van der Waals surface area contributed by atoms with Crippen LogP contribution in [0.1, 0.15) is 88.2 Å². The lowest BCUT2D eigenvalue weighted by Crippen LogP contribution is -2.53. The molecule has 1 aromatic carbocycles. The normalized spacial score (nSPS) is 37.1. The average molecular weight is 478 g/mol. The van der Waals surface area contributed by atoms with Crippen molar-refractivity contribution in [3.8, 4) is 0 Å². The van der Waals surface area contributed by atoms with E-state index in [1.54, 1.807) is 12.1 Å². The van der Waals surface area contributed by atoms with Crippen molar-refractivity contribution in [3.05, 3.63) is 35.4 Å². The number of carbonyl (C=O) groups is 1. The van der Waals surface area contributed by atoms with Gasteiger partial charge in [0.2, 0.25) is 0 Å². The lowest BCUT2D eigenvalue weighted by atomic mass is 9.49. The molecule has 0 saturated heterocycles. The molecule has 6 rings (SSSR count). The zero-order chi connectivity index (χ0) is 23.9. The van der Waals surface area contributed by atoms with Crippen LogP contribution < -0.4 is 5.32 Å². The number of hydrogen-bond acceptors (Lipinski definition) is 3. The monoisotopic (exact) mass is 477 g/mol. The number of rotatable bonds is 7. The van der Waals surface area contributed by atoms with Gasteiger partial charge in [-0.25, -0.2) is 0 Å². The Balaban J connectivity index is 1.30. The SMILES string of the molecule is CCOC(=O)C[C@@H]1CC[C@@H](NCC23CC4CC(CC(C4)C2)C3)[C@H](c2ccc(C(F)(F)F)cc2)C1. The molecule has 3 atom stereocenters. The predicted molar refractivity (Wildman–Crippen MR) is 125 cm³/mol. The van der Waals surface area contributed by atoms with Crippen LogP contribution in [-0.2, 0) is 15.7 Å². The van der Waals surface area contributed by atoms with Gasteiger partial charge in [0.05, 0.1) is 12.2 Å². The van der Waals surface area contributed by atoms with Gasteiger partial charge in [0.15, 0.2) is 0 Å². The summed E-state index contributed by atoms with van der Waals surface area (Å²) in [6.45, 7) is 3.22. The van der Waals surface area contributed by atoms with E-state index in [1.165, 1.54) is 50.7 Å². The van der Waals surface area contributed by atoms with Gasteiger partial charge in [-0.1, -0.05) is 12.1 Å². The third-order valence-corrected chi connectivity index (χ3v) is 9.29. The highest BCUT2D eigenvalue weighted by Crippen LogP contribution is 2.59. The largest absolute Gasteiger partial charge is 0.466 e. The van der Waals surface area contributed by atoms with Crippen molar-refractivity contribution >= 4 is 5.97 Å². The van der Waals surface area contributed by atoms with Crippen LogP contribution in [0.4, 0.5) is 13.2 Å². The second kappa shape index (κ2) is 9.48. The Labute approximate surface area is 201 Å². The molecular weight excluding hydrogens is 439 g/mol. The van der Waals surface area contributed by atoms with E-state index in [1.807, 2.05) is 6.92 Å². The first-order chi connectivity index (χ1) is 16.2. The number of ether oxygens (including phenoxy) is 1. The maximum absolute atomic E-state index is 13.1. The van der Waals surface area contributed by atoms with E-state index in [4.69, 9.17) is 4.74 Å². The summed E-state index contributed by atoms with van der Waals surface area (Å²) in [5.41, 5.74) is 0.763. The van der Waals surface area contributed by atoms with Crippen molar-refractivity contribution in [3.63, 3.8) is 0 Å². The van der Waals surface area contributed by atoms with Crippen LogP contribution in [0.2, 0.25) is 0 Å². The molecule has 5 fully saturated rings. The fraction of sp³-hybridized carbons (Fsp3) is 0.750. The molecular formula is C28H38F3NO2. The van der Waals surface area contributed by atoms with Crippen molar-refractivity contribution in [2.75, 3.05) is 13.2 Å². The number of hydrogen-bond donors (Lipinski definition) is 1. The lowest BCUT2D eigenvalue weighted by Gasteiger charge is -2.57. The number of nitrogens with one attached hydrogen (secondary N) is 1. The zero-order valence-electron chi connectivity index (χ0n) is 20.2. The van der Waals surface area contributed by atoms with Crippen LogP contribution in [0.5, 0.6) is 0 Å². The molecule has 0 aromatic heterocycles. The van der Waals surface area contributed by atoms with Crippen molar-refractivity contribution in [2.45, 2.75) is 89.3 Å². The smallest absolute Gasteiger partial charge is 0.416 e. The van der Waals surface area contributed by atoms with Crippen molar-refractivity contribution < 1.29 is 22.7 Å². The minimum Gasteiger partial charge on any atom is -0.466 e. The third kappa shape index (κ3) is 5.17. The summed E-state index contributed by atoms with van der Waals surface area (Å²) in [6, 6.07) is 5.96. The number of carbonyl (C=O) groups excluding carboxylic acids is 1. The summed E-state index contributed by atoms with van der Waals surface area (Å²) in [6.07, 6.45) is 7.07. The van der Waals surface area contributed by atoms with Crippen LogP contribution in [0, 0.1) is 29.1 Å². The Kier molecular flexibility index (Phi) is 6.73. The van der Waals surface area contributed by atoms with E-state index in [9.17, 15) is 18.0 Å². The van der Waals surface area contributed by atoms with E-state index in [0.29, 0.717) is 18.4 Å². The molecule has 5 saturated carbocycles. The van der Waals surface area contributed by atoms with E-state index in [0.717, 1.165) is 49.1 Å². The van der Waals surface area contributed by atoms with Gasteiger partial charge >= 0.3 is 12.1 Å². The molecule has 0 amide bonds. The summed E-state index contributed by atoms with van der Waals surface area (Å²) in [5, 5.41) is 3.93. The molecule has 0 spiro atoms. The van der Waals surface area contributed by atoms with Crippen LogP contribution in [0.15, 0.2) is 24.3 Å². The van der Waals surface area contributed by atoms with Gasteiger partial charge in [0.25, 0.3) is 0 Å².